The summed E-state index contributed by atoms with van der Waals surface area (Å²) in [7, 11) is 1.44. The van der Waals surface area contributed by atoms with E-state index < -0.39 is 40.1 Å². The van der Waals surface area contributed by atoms with Crippen LogP contribution < -0.4 is 0 Å². The maximum absolute atomic E-state index is 15.2. The smallest absolute Gasteiger partial charge is 0.310 e. The highest BCUT2D eigenvalue weighted by Crippen LogP contribution is 2.45. The van der Waals surface area contributed by atoms with Gasteiger partial charge in [-0.15, -0.1) is 0 Å². The Kier molecular flexibility index (Phi) is 4.57. The molecule has 2 fully saturated rings. The van der Waals surface area contributed by atoms with E-state index in [0.717, 1.165) is 11.0 Å². The van der Waals surface area contributed by atoms with Gasteiger partial charge in [-0.05, 0) is 11.6 Å². The molecule has 2 aliphatic rings. The summed E-state index contributed by atoms with van der Waals surface area (Å²) in [6.07, 6.45) is 0. The Morgan fingerprint density at radius 1 is 1.35 bits per heavy atom. The van der Waals surface area contributed by atoms with Crippen LogP contribution in [0.2, 0.25) is 0 Å². The van der Waals surface area contributed by atoms with E-state index in [9.17, 15) is 20.0 Å². The Morgan fingerprint density at radius 3 is 2.65 bits per heavy atom. The molecule has 1 N–H and O–H groups in total. The number of hydrogen-bond acceptors (Lipinski definition) is 6. The summed E-state index contributed by atoms with van der Waals surface area (Å²) in [4.78, 5) is 24.9. The summed E-state index contributed by atoms with van der Waals surface area (Å²) >= 11 is 0. The monoisotopic (exact) mass is 371 g/mol. The van der Waals surface area contributed by atoms with E-state index >= 15 is 8.78 Å². The standard InChI is InChI=1S/C16H19F2N3O5/c1-26-5-4-20-9-15(17)8-19(10-16(15,18)14(20)23)7-11-2-3-12(21(24)25)13(22)6-11/h2-3,6,22H,4-5,7-10H2,1H3/t15-,16+/m0/s1. The van der Waals surface area contributed by atoms with Crippen molar-refractivity contribution in [3.63, 3.8) is 0 Å². The average Bonchev–Trinajstić information content (AvgIpc) is 2.90. The van der Waals surface area contributed by atoms with Crippen molar-refractivity contribution in [2.75, 3.05) is 39.9 Å². The number of nitro benzene ring substituents is 1. The number of halogens is 2. The number of fused-ring (bicyclic) bond motifs is 1. The minimum Gasteiger partial charge on any atom is -0.502 e. The molecular formula is C16H19F2N3O5. The van der Waals surface area contributed by atoms with Crippen molar-refractivity contribution in [3.8, 4) is 5.75 Å². The van der Waals surface area contributed by atoms with E-state index in [4.69, 9.17) is 4.74 Å². The zero-order chi connectivity index (χ0) is 19.1. The van der Waals surface area contributed by atoms with Crippen LogP contribution >= 0.6 is 0 Å². The third kappa shape index (κ3) is 2.88. The van der Waals surface area contributed by atoms with Crippen LogP contribution in [0.15, 0.2) is 18.2 Å². The second-order valence-electron chi connectivity index (χ2n) is 6.71. The summed E-state index contributed by atoms with van der Waals surface area (Å²) in [5, 5.41) is 20.4. The van der Waals surface area contributed by atoms with Crippen molar-refractivity contribution in [2.45, 2.75) is 17.9 Å². The number of methoxy groups -OCH3 is 1. The lowest BCUT2D eigenvalue weighted by Gasteiger charge is -2.22. The molecule has 0 aliphatic carbocycles. The fourth-order valence-electron chi connectivity index (χ4n) is 3.62. The topological polar surface area (TPSA) is 96.2 Å². The molecule has 26 heavy (non-hydrogen) atoms. The number of benzene rings is 1. The van der Waals surface area contributed by atoms with Crippen molar-refractivity contribution in [2.24, 2.45) is 0 Å². The Bertz CT molecular complexity index is 749. The van der Waals surface area contributed by atoms with Crippen LogP contribution in [0.5, 0.6) is 5.75 Å². The van der Waals surface area contributed by atoms with Crippen molar-refractivity contribution in [3.05, 3.63) is 33.9 Å². The predicted molar refractivity (Wildman–Crippen MR) is 86.2 cm³/mol. The van der Waals surface area contributed by atoms with Gasteiger partial charge in [0.2, 0.25) is 5.67 Å². The van der Waals surface area contributed by atoms with Gasteiger partial charge in [-0.2, -0.15) is 0 Å². The Hall–Kier alpha value is -2.33. The van der Waals surface area contributed by atoms with Crippen molar-refractivity contribution in [1.82, 2.24) is 9.80 Å². The molecule has 8 nitrogen and oxygen atoms in total. The van der Waals surface area contributed by atoms with Gasteiger partial charge in [0.1, 0.15) is 0 Å². The molecule has 2 saturated heterocycles. The van der Waals surface area contributed by atoms with Gasteiger partial charge in [0, 0.05) is 39.4 Å². The molecule has 0 bridgehead atoms. The highest BCUT2D eigenvalue weighted by Gasteiger charge is 2.70. The number of phenolic OH excluding ortho intramolecular Hbond substituents is 1. The normalized spacial score (nSPS) is 28.6. The van der Waals surface area contributed by atoms with E-state index in [1.165, 1.54) is 24.1 Å². The molecule has 0 spiro atoms. The lowest BCUT2D eigenvalue weighted by Crippen LogP contribution is -2.47. The van der Waals surface area contributed by atoms with Crippen LogP contribution in [0, 0.1) is 10.1 Å². The highest BCUT2D eigenvalue weighted by molar-refractivity contribution is 5.90. The van der Waals surface area contributed by atoms with E-state index in [1.807, 2.05) is 0 Å². The number of nitrogens with zero attached hydrogens (tertiary/aromatic N) is 3. The summed E-state index contributed by atoms with van der Waals surface area (Å²) in [6, 6.07) is 3.73. The first kappa shape index (κ1) is 18.5. The Balaban J connectivity index is 1.72. The largest absolute Gasteiger partial charge is 0.502 e. The Labute approximate surface area is 148 Å². The number of ether oxygens (including phenoxy) is 1. The minimum atomic E-state index is -2.62. The van der Waals surface area contributed by atoms with E-state index in [1.54, 1.807) is 0 Å². The van der Waals surface area contributed by atoms with Gasteiger partial charge in [-0.1, -0.05) is 6.07 Å². The number of hydrogen-bond donors (Lipinski definition) is 1. The third-order valence-corrected chi connectivity index (χ3v) is 4.90. The second-order valence-corrected chi connectivity index (χ2v) is 6.71. The van der Waals surface area contributed by atoms with Crippen LogP contribution in [-0.4, -0.2) is 77.0 Å². The van der Waals surface area contributed by atoms with Crippen molar-refractivity contribution in [1.29, 1.82) is 0 Å². The number of carbonyl (C=O) groups is 1. The van der Waals surface area contributed by atoms with Gasteiger partial charge in [-0.25, -0.2) is 8.78 Å². The molecule has 2 heterocycles. The number of carbonyl (C=O) groups excluding carboxylic acids is 1. The van der Waals surface area contributed by atoms with E-state index in [0.29, 0.717) is 5.56 Å². The summed E-state index contributed by atoms with van der Waals surface area (Å²) < 4.78 is 35.2. The molecule has 3 rings (SSSR count). The van der Waals surface area contributed by atoms with Gasteiger partial charge < -0.3 is 14.7 Å². The molecule has 0 aromatic heterocycles. The number of rotatable bonds is 6. The maximum Gasteiger partial charge on any atom is 0.310 e. The lowest BCUT2D eigenvalue weighted by molar-refractivity contribution is -0.385. The number of phenols is 1. The fraction of sp³-hybridized carbons (Fsp3) is 0.562. The molecule has 0 saturated carbocycles. The number of aromatic hydroxyl groups is 1. The SMILES string of the molecule is COCCN1C[C@@]2(F)CN(Cc3ccc([N+](=O)[O-])c(O)c3)C[C@@]2(F)C1=O. The molecule has 0 radical (unpaired) electrons. The minimum absolute atomic E-state index is 0.0637. The van der Waals surface area contributed by atoms with Gasteiger partial charge in [0.05, 0.1) is 18.1 Å². The molecule has 0 unspecified atom stereocenters. The molecule has 1 aromatic carbocycles. The lowest BCUT2D eigenvalue weighted by atomic mass is 9.93. The first-order valence-corrected chi connectivity index (χ1v) is 8.05. The van der Waals surface area contributed by atoms with Crippen LogP contribution in [-0.2, 0) is 16.1 Å². The van der Waals surface area contributed by atoms with Crippen molar-refractivity contribution >= 4 is 11.6 Å². The molecule has 1 amide bonds. The zero-order valence-electron chi connectivity index (χ0n) is 14.2. The molecule has 10 heteroatoms. The van der Waals surface area contributed by atoms with Crippen molar-refractivity contribution < 1.29 is 28.3 Å². The molecule has 1 aromatic rings. The zero-order valence-corrected chi connectivity index (χ0v) is 14.2. The highest BCUT2D eigenvalue weighted by atomic mass is 19.2. The van der Waals surface area contributed by atoms with Crippen LogP contribution in [0.1, 0.15) is 5.56 Å². The van der Waals surface area contributed by atoms with Gasteiger partial charge >= 0.3 is 5.69 Å². The molecule has 2 aliphatic heterocycles. The van der Waals surface area contributed by atoms with Crippen LogP contribution in [0.3, 0.4) is 0 Å². The quantitative estimate of drug-likeness (QED) is 0.593. The number of likely N-dealkylation sites (tertiary alicyclic amines) is 2. The third-order valence-electron chi connectivity index (χ3n) is 4.90. The van der Waals surface area contributed by atoms with E-state index in [-0.39, 0.29) is 32.8 Å². The molecular weight excluding hydrogens is 352 g/mol. The Morgan fingerprint density at radius 2 is 2.08 bits per heavy atom. The van der Waals surface area contributed by atoms with Gasteiger partial charge in [0.15, 0.2) is 11.4 Å². The van der Waals surface area contributed by atoms with Crippen LogP contribution in [0.4, 0.5) is 14.5 Å². The summed E-state index contributed by atoms with van der Waals surface area (Å²) in [5.41, 5.74) is -4.92. The summed E-state index contributed by atoms with van der Waals surface area (Å²) in [5.74, 6) is -1.40. The van der Waals surface area contributed by atoms with E-state index in [2.05, 4.69) is 0 Å². The number of nitro groups is 1. The first-order chi connectivity index (χ1) is 12.2. The average molecular weight is 371 g/mol. The number of alkyl halides is 2. The first-order valence-electron chi connectivity index (χ1n) is 8.05. The number of amides is 1. The second kappa shape index (κ2) is 6.44. The molecule has 142 valence electrons. The predicted octanol–water partition coefficient (Wildman–Crippen LogP) is 1.02. The fourth-order valence-corrected chi connectivity index (χ4v) is 3.62. The molecule has 2 atom stereocenters. The maximum atomic E-state index is 15.2. The van der Waals surface area contributed by atoms with Gasteiger partial charge in [-0.3, -0.25) is 19.8 Å². The van der Waals surface area contributed by atoms with Crippen LogP contribution in [0.25, 0.3) is 0 Å². The summed E-state index contributed by atoms with van der Waals surface area (Å²) in [6.45, 7) is -0.644. The van der Waals surface area contributed by atoms with Gasteiger partial charge in [0.25, 0.3) is 5.91 Å².